The van der Waals surface area contributed by atoms with Crippen LogP contribution in [0.1, 0.15) is 34.7 Å². The molecule has 192 valence electrons. The number of hydrogen-bond acceptors (Lipinski definition) is 7. The van der Waals surface area contributed by atoms with Crippen molar-refractivity contribution >= 4 is 27.7 Å². The van der Waals surface area contributed by atoms with Crippen LogP contribution in [-0.2, 0) is 6.61 Å². The smallest absolute Gasteiger partial charge is 0.220 e. The van der Waals surface area contributed by atoms with Gasteiger partial charge in [-0.25, -0.2) is 0 Å². The van der Waals surface area contributed by atoms with E-state index in [4.69, 9.17) is 9.47 Å². The molecule has 37 heavy (non-hydrogen) atoms. The van der Waals surface area contributed by atoms with Crippen molar-refractivity contribution in [3.63, 3.8) is 0 Å². The predicted molar refractivity (Wildman–Crippen MR) is 147 cm³/mol. The number of hydrogen-bond donors (Lipinski definition) is 0. The Labute approximate surface area is 228 Å². The summed E-state index contributed by atoms with van der Waals surface area (Å²) in [4.78, 5) is 11.4. The number of aryl methyl sites for hydroxylation is 2. The van der Waals surface area contributed by atoms with Crippen molar-refractivity contribution in [2.75, 3.05) is 13.2 Å². The molecule has 0 spiro atoms. The molecule has 0 unspecified atom stereocenters. The van der Waals surface area contributed by atoms with Gasteiger partial charge < -0.3 is 9.47 Å². The molecule has 0 bridgehead atoms. The van der Waals surface area contributed by atoms with Crippen molar-refractivity contribution in [1.29, 1.82) is 0 Å². The highest BCUT2D eigenvalue weighted by Crippen LogP contribution is 2.43. The molecule has 1 aromatic heterocycles. The van der Waals surface area contributed by atoms with Gasteiger partial charge in [0.25, 0.3) is 0 Å². The van der Waals surface area contributed by atoms with Gasteiger partial charge in [0.2, 0.25) is 6.54 Å². The minimum Gasteiger partial charge on any atom is -0.490 e. The summed E-state index contributed by atoms with van der Waals surface area (Å²) in [6, 6.07) is 21.5. The molecule has 1 atom stereocenters. The first-order valence-electron chi connectivity index (χ1n) is 11.8. The highest BCUT2D eigenvalue weighted by atomic mass is 79.9. The van der Waals surface area contributed by atoms with Crippen LogP contribution in [0.3, 0.4) is 0 Å². The van der Waals surface area contributed by atoms with Gasteiger partial charge in [-0.05, 0) is 72.1 Å². The molecule has 3 aromatic carbocycles. The van der Waals surface area contributed by atoms with Gasteiger partial charge in [0.1, 0.15) is 17.7 Å². The summed E-state index contributed by atoms with van der Waals surface area (Å²) >= 11 is 4.90. The summed E-state index contributed by atoms with van der Waals surface area (Å²) in [6.45, 7) is 6.26. The van der Waals surface area contributed by atoms with Crippen molar-refractivity contribution in [2.24, 2.45) is 0 Å². The average molecular weight is 584 g/mol. The Morgan fingerprint density at radius 3 is 2.46 bits per heavy atom. The Bertz CT molecular complexity index is 1360. The Hall–Kier alpha value is -3.37. The maximum Gasteiger partial charge on any atom is 0.220 e. The highest BCUT2D eigenvalue weighted by molar-refractivity contribution is 9.10. The van der Waals surface area contributed by atoms with E-state index in [9.17, 15) is 10.1 Å². The van der Waals surface area contributed by atoms with Crippen LogP contribution < -0.4 is 9.47 Å². The standard InChI is InChI=1S/C27H27BrN4O4S/c1-4-35-24-15-21(14-23(28)26(24)36-17-20-8-6-5-7-9-20)25(16-31(33)34)37-27-30-29-19(3)32(27)22-12-10-18(2)11-13-22/h5-15,25H,4,16-17H2,1-3H3/t25-/m0/s1. The fraction of sp³-hybridized carbons (Fsp3) is 0.259. The summed E-state index contributed by atoms with van der Waals surface area (Å²) in [5.74, 6) is 1.78. The number of rotatable bonds is 11. The molecule has 0 fully saturated rings. The second kappa shape index (κ2) is 12.2. The number of thioether (sulfide) groups is 1. The summed E-state index contributed by atoms with van der Waals surface area (Å²) in [7, 11) is 0. The van der Waals surface area contributed by atoms with E-state index in [0.717, 1.165) is 22.4 Å². The first kappa shape index (κ1) is 26.7. The normalized spacial score (nSPS) is 11.8. The molecule has 4 rings (SSSR count). The lowest BCUT2D eigenvalue weighted by molar-refractivity contribution is -0.479. The third kappa shape index (κ3) is 6.69. The van der Waals surface area contributed by atoms with Gasteiger partial charge in [-0.15, -0.1) is 10.2 Å². The van der Waals surface area contributed by atoms with Gasteiger partial charge in [0.05, 0.1) is 11.1 Å². The molecule has 0 aliphatic heterocycles. The molecule has 4 aromatic rings. The lowest BCUT2D eigenvalue weighted by Gasteiger charge is -2.19. The Kier molecular flexibility index (Phi) is 8.83. The van der Waals surface area contributed by atoms with E-state index in [1.807, 2.05) is 92.1 Å². The van der Waals surface area contributed by atoms with Gasteiger partial charge in [0, 0.05) is 10.6 Å². The maximum absolute atomic E-state index is 11.7. The van der Waals surface area contributed by atoms with Crippen LogP contribution in [0.15, 0.2) is 76.4 Å². The zero-order chi connectivity index (χ0) is 26.4. The molecule has 0 saturated heterocycles. The lowest BCUT2D eigenvalue weighted by Crippen LogP contribution is -2.12. The Morgan fingerprint density at radius 2 is 1.78 bits per heavy atom. The minimum absolute atomic E-state index is 0.299. The van der Waals surface area contributed by atoms with E-state index >= 15 is 0 Å². The van der Waals surface area contributed by atoms with Crippen LogP contribution in [0, 0.1) is 24.0 Å². The van der Waals surface area contributed by atoms with E-state index in [-0.39, 0.29) is 11.5 Å². The van der Waals surface area contributed by atoms with Crippen molar-refractivity contribution in [2.45, 2.75) is 37.8 Å². The molecule has 0 aliphatic rings. The van der Waals surface area contributed by atoms with Crippen LogP contribution in [0.25, 0.3) is 5.69 Å². The molecule has 10 heteroatoms. The Morgan fingerprint density at radius 1 is 1.05 bits per heavy atom. The molecular weight excluding hydrogens is 556 g/mol. The van der Waals surface area contributed by atoms with Crippen LogP contribution in [0.2, 0.25) is 0 Å². The molecule has 8 nitrogen and oxygen atoms in total. The summed E-state index contributed by atoms with van der Waals surface area (Å²) in [5, 5.41) is 20.3. The van der Waals surface area contributed by atoms with Crippen molar-refractivity contribution in [3.8, 4) is 17.2 Å². The molecule has 0 radical (unpaired) electrons. The highest BCUT2D eigenvalue weighted by Gasteiger charge is 2.26. The average Bonchev–Trinajstić information content (AvgIpc) is 3.23. The van der Waals surface area contributed by atoms with E-state index in [1.54, 1.807) is 0 Å². The first-order valence-corrected chi connectivity index (χ1v) is 13.4. The van der Waals surface area contributed by atoms with Gasteiger partial charge in [-0.2, -0.15) is 0 Å². The van der Waals surface area contributed by atoms with Gasteiger partial charge in [0.15, 0.2) is 16.7 Å². The summed E-state index contributed by atoms with van der Waals surface area (Å²) < 4.78 is 14.6. The van der Waals surface area contributed by atoms with Crippen molar-refractivity contribution in [1.82, 2.24) is 14.8 Å². The fourth-order valence-electron chi connectivity index (χ4n) is 3.79. The molecule has 0 saturated carbocycles. The monoisotopic (exact) mass is 582 g/mol. The van der Waals surface area contributed by atoms with E-state index < -0.39 is 5.25 Å². The van der Waals surface area contributed by atoms with E-state index in [0.29, 0.717) is 40.2 Å². The van der Waals surface area contributed by atoms with Crippen LogP contribution in [0.5, 0.6) is 11.5 Å². The second-order valence-electron chi connectivity index (χ2n) is 8.36. The van der Waals surface area contributed by atoms with Gasteiger partial charge in [-0.3, -0.25) is 14.7 Å². The minimum atomic E-state index is -0.540. The van der Waals surface area contributed by atoms with E-state index in [2.05, 4.69) is 26.1 Å². The quantitative estimate of drug-likeness (QED) is 0.110. The number of ether oxygens (including phenoxy) is 2. The fourth-order valence-corrected chi connectivity index (χ4v) is 5.52. The predicted octanol–water partition coefficient (Wildman–Crippen LogP) is 6.73. The van der Waals surface area contributed by atoms with Crippen LogP contribution in [0.4, 0.5) is 0 Å². The summed E-state index contributed by atoms with van der Waals surface area (Å²) in [6.07, 6.45) is 0. The third-order valence-electron chi connectivity index (χ3n) is 5.58. The molecule has 0 N–H and O–H groups in total. The van der Waals surface area contributed by atoms with Gasteiger partial charge >= 0.3 is 0 Å². The largest absolute Gasteiger partial charge is 0.490 e. The topological polar surface area (TPSA) is 92.3 Å². The van der Waals surface area contributed by atoms with Crippen molar-refractivity contribution in [3.05, 3.63) is 104 Å². The first-order chi connectivity index (χ1) is 17.9. The SMILES string of the molecule is CCOc1cc([C@H](C[N+](=O)[O-])Sc2nnc(C)n2-c2ccc(C)cc2)cc(Br)c1OCc1ccccc1. The lowest BCUT2D eigenvalue weighted by atomic mass is 10.1. The Balaban J connectivity index is 1.67. The molecule has 1 heterocycles. The van der Waals surface area contributed by atoms with Crippen molar-refractivity contribution < 1.29 is 14.4 Å². The van der Waals surface area contributed by atoms with Crippen LogP contribution >= 0.6 is 27.7 Å². The zero-order valence-electron chi connectivity index (χ0n) is 20.8. The molecule has 0 aliphatic carbocycles. The number of benzene rings is 3. The van der Waals surface area contributed by atoms with Crippen LogP contribution in [-0.4, -0.2) is 32.8 Å². The zero-order valence-corrected chi connectivity index (χ0v) is 23.2. The maximum atomic E-state index is 11.7. The molecule has 0 amide bonds. The number of halogens is 1. The number of aromatic nitrogens is 3. The number of nitro groups is 1. The number of nitrogens with zero attached hydrogens (tertiary/aromatic N) is 4. The second-order valence-corrected chi connectivity index (χ2v) is 10.4. The summed E-state index contributed by atoms with van der Waals surface area (Å²) in [5.41, 5.74) is 3.78. The third-order valence-corrected chi connectivity index (χ3v) is 7.35. The van der Waals surface area contributed by atoms with Gasteiger partial charge in [-0.1, -0.05) is 59.8 Å². The van der Waals surface area contributed by atoms with E-state index in [1.165, 1.54) is 11.8 Å². The molecular formula is C27H27BrN4O4S.